The van der Waals surface area contributed by atoms with Gasteiger partial charge in [-0.1, -0.05) is 50.6 Å². The number of halogens is 2. The topological polar surface area (TPSA) is 0 Å². The number of hydrogen-bond donors (Lipinski definition) is 0. The van der Waals surface area contributed by atoms with E-state index in [0.29, 0.717) is 0 Å². The maximum absolute atomic E-state index is 3.76. The van der Waals surface area contributed by atoms with Gasteiger partial charge in [-0.3, -0.25) is 0 Å². The average Bonchev–Trinajstić information content (AvgIpc) is 1.88. The molecule has 0 unspecified atom stereocenters. The van der Waals surface area contributed by atoms with E-state index in [1.54, 1.807) is 0 Å². The van der Waals surface area contributed by atoms with Crippen LogP contribution in [0.5, 0.6) is 0 Å². The monoisotopic (exact) mass is 260 g/mol. The summed E-state index contributed by atoms with van der Waals surface area (Å²) < 4.78 is 2.00. The van der Waals surface area contributed by atoms with Gasteiger partial charge in [-0.15, -0.1) is 0 Å². The van der Waals surface area contributed by atoms with Crippen LogP contribution in [-0.4, -0.2) is 0 Å². The van der Waals surface area contributed by atoms with E-state index in [0.717, 1.165) is 14.5 Å². The summed E-state index contributed by atoms with van der Waals surface area (Å²) in [4.78, 5) is 0. The lowest BCUT2D eigenvalue weighted by Crippen LogP contribution is -1.72. The Morgan fingerprint density at radius 3 is 2.10 bits per heavy atom. The summed E-state index contributed by atoms with van der Waals surface area (Å²) in [6.45, 7) is 3.76. The van der Waals surface area contributed by atoms with Gasteiger partial charge in [0.1, 0.15) is 0 Å². The molecule has 0 atom stereocenters. The molecule has 0 aromatic heterocycles. The van der Waals surface area contributed by atoms with Crippen molar-refractivity contribution in [3.05, 3.63) is 40.9 Å². The fraction of sp³-hybridized carbons (Fsp3) is 0. The average molecular weight is 262 g/mol. The first-order valence-corrected chi connectivity index (χ1v) is 4.39. The number of benzene rings is 1. The number of hydrogen-bond acceptors (Lipinski definition) is 0. The normalized spacial score (nSPS) is 9.40. The van der Waals surface area contributed by atoms with Crippen molar-refractivity contribution >= 4 is 36.3 Å². The molecule has 0 saturated carbocycles. The van der Waals surface area contributed by atoms with Crippen molar-refractivity contribution in [3.63, 3.8) is 0 Å². The van der Waals surface area contributed by atoms with E-state index in [4.69, 9.17) is 0 Å². The Bertz CT molecular complexity index is 236. The minimum absolute atomic E-state index is 0.917. The van der Waals surface area contributed by atoms with Crippen LogP contribution in [0.4, 0.5) is 0 Å². The lowest BCUT2D eigenvalue weighted by atomic mass is 10.2. The Morgan fingerprint density at radius 1 is 1.20 bits per heavy atom. The molecule has 0 heterocycles. The van der Waals surface area contributed by atoms with Crippen LogP contribution in [0.2, 0.25) is 0 Å². The van der Waals surface area contributed by atoms with Gasteiger partial charge in [-0.05, 0) is 17.7 Å². The molecule has 0 aliphatic heterocycles. The van der Waals surface area contributed by atoms with E-state index in [2.05, 4.69) is 38.4 Å². The molecule has 0 aliphatic rings. The molecular weight excluding hydrogens is 256 g/mol. The van der Waals surface area contributed by atoms with Crippen LogP contribution in [-0.2, 0) is 0 Å². The first kappa shape index (κ1) is 8.02. The Morgan fingerprint density at radius 2 is 1.70 bits per heavy atom. The molecule has 1 rings (SSSR count). The molecule has 1 aromatic carbocycles. The molecule has 0 radical (unpaired) electrons. The van der Waals surface area contributed by atoms with Crippen LogP contribution in [0, 0.1) is 0 Å². The van der Waals surface area contributed by atoms with Crippen molar-refractivity contribution in [1.29, 1.82) is 0 Å². The van der Waals surface area contributed by atoms with Crippen molar-refractivity contribution in [2.24, 2.45) is 0 Å². The van der Waals surface area contributed by atoms with E-state index in [9.17, 15) is 0 Å². The molecule has 52 valence electrons. The van der Waals surface area contributed by atoms with E-state index in [1.807, 2.05) is 24.3 Å². The van der Waals surface area contributed by atoms with Crippen molar-refractivity contribution in [2.75, 3.05) is 0 Å². The highest BCUT2D eigenvalue weighted by molar-refractivity contribution is 9.15. The van der Waals surface area contributed by atoms with Gasteiger partial charge in [0.05, 0.1) is 0 Å². The molecular formula is C8H6Br2. The molecule has 2 heteroatoms. The summed E-state index contributed by atoms with van der Waals surface area (Å²) in [5.41, 5.74) is 1.11. The largest absolute Gasteiger partial charge is 0.0841 e. The highest BCUT2D eigenvalue weighted by Gasteiger charge is 1.91. The molecule has 0 N–H and O–H groups in total. The first-order valence-electron chi connectivity index (χ1n) is 2.80. The van der Waals surface area contributed by atoms with E-state index in [1.165, 1.54) is 0 Å². The van der Waals surface area contributed by atoms with E-state index >= 15 is 0 Å². The SMILES string of the molecule is C=C(Br)c1ccc(Br)cc1. The molecule has 0 fully saturated rings. The molecule has 0 amide bonds. The molecule has 0 saturated heterocycles. The standard InChI is InChI=1S/C8H6Br2/c1-6(9)7-2-4-8(10)5-3-7/h2-5H,1H2. The summed E-state index contributed by atoms with van der Waals surface area (Å²) in [5, 5.41) is 0. The predicted molar refractivity (Wildman–Crippen MR) is 52.1 cm³/mol. The highest BCUT2D eigenvalue weighted by Crippen LogP contribution is 2.20. The Balaban J connectivity index is 3.00. The number of rotatable bonds is 1. The van der Waals surface area contributed by atoms with Crippen LogP contribution in [0.1, 0.15) is 5.56 Å². The van der Waals surface area contributed by atoms with Crippen molar-refractivity contribution in [3.8, 4) is 0 Å². The van der Waals surface area contributed by atoms with Gasteiger partial charge in [0.2, 0.25) is 0 Å². The molecule has 10 heavy (non-hydrogen) atoms. The zero-order chi connectivity index (χ0) is 7.56. The fourth-order valence-electron chi connectivity index (χ4n) is 0.631. The third kappa shape index (κ3) is 1.96. The minimum atomic E-state index is 0.917. The van der Waals surface area contributed by atoms with Crippen molar-refractivity contribution in [2.45, 2.75) is 0 Å². The van der Waals surface area contributed by atoms with Crippen LogP contribution in [0.15, 0.2) is 35.3 Å². The second kappa shape index (κ2) is 3.35. The summed E-state index contributed by atoms with van der Waals surface area (Å²) in [6.07, 6.45) is 0. The zero-order valence-corrected chi connectivity index (χ0v) is 8.44. The van der Waals surface area contributed by atoms with Crippen molar-refractivity contribution < 1.29 is 0 Å². The summed E-state index contributed by atoms with van der Waals surface area (Å²) in [5.74, 6) is 0. The lowest BCUT2D eigenvalue weighted by Gasteiger charge is -1.95. The van der Waals surface area contributed by atoms with Gasteiger partial charge >= 0.3 is 0 Å². The second-order valence-corrected chi connectivity index (χ2v) is 3.78. The third-order valence-electron chi connectivity index (χ3n) is 1.16. The zero-order valence-electron chi connectivity index (χ0n) is 5.27. The van der Waals surface area contributed by atoms with E-state index < -0.39 is 0 Å². The van der Waals surface area contributed by atoms with Gasteiger partial charge < -0.3 is 0 Å². The van der Waals surface area contributed by atoms with E-state index in [-0.39, 0.29) is 0 Å². The van der Waals surface area contributed by atoms with Gasteiger partial charge in [0.25, 0.3) is 0 Å². The maximum atomic E-state index is 3.76. The van der Waals surface area contributed by atoms with Gasteiger partial charge in [0, 0.05) is 8.96 Å². The van der Waals surface area contributed by atoms with Crippen LogP contribution in [0.3, 0.4) is 0 Å². The van der Waals surface area contributed by atoms with Gasteiger partial charge in [0.15, 0.2) is 0 Å². The Hall–Kier alpha value is -0.0800. The molecule has 1 aromatic rings. The van der Waals surface area contributed by atoms with Crippen LogP contribution >= 0.6 is 31.9 Å². The third-order valence-corrected chi connectivity index (χ3v) is 2.14. The Kier molecular flexibility index (Phi) is 2.69. The summed E-state index contributed by atoms with van der Waals surface area (Å²) in [7, 11) is 0. The van der Waals surface area contributed by atoms with Crippen LogP contribution < -0.4 is 0 Å². The first-order chi connectivity index (χ1) is 4.70. The fourth-order valence-corrected chi connectivity index (χ4v) is 1.16. The lowest BCUT2D eigenvalue weighted by molar-refractivity contribution is 1.61. The second-order valence-electron chi connectivity index (χ2n) is 1.91. The van der Waals surface area contributed by atoms with Crippen LogP contribution in [0.25, 0.3) is 4.48 Å². The molecule has 0 aliphatic carbocycles. The summed E-state index contributed by atoms with van der Waals surface area (Å²) >= 11 is 6.65. The smallest absolute Gasteiger partial charge is 0.0175 e. The molecule has 0 nitrogen and oxygen atoms in total. The molecule has 0 spiro atoms. The Labute approximate surface area is 77.2 Å². The summed E-state index contributed by atoms with van der Waals surface area (Å²) in [6, 6.07) is 7.98. The van der Waals surface area contributed by atoms with Gasteiger partial charge in [-0.2, -0.15) is 0 Å². The maximum Gasteiger partial charge on any atom is 0.0175 e. The molecule has 0 bridgehead atoms. The highest BCUT2D eigenvalue weighted by atomic mass is 79.9. The quantitative estimate of drug-likeness (QED) is 0.721. The predicted octanol–water partition coefficient (Wildman–Crippen LogP) is 3.81. The van der Waals surface area contributed by atoms with Crippen molar-refractivity contribution in [1.82, 2.24) is 0 Å². The van der Waals surface area contributed by atoms with Gasteiger partial charge in [-0.25, -0.2) is 0 Å². The minimum Gasteiger partial charge on any atom is -0.0841 e.